The summed E-state index contributed by atoms with van der Waals surface area (Å²) in [7, 11) is 0. The summed E-state index contributed by atoms with van der Waals surface area (Å²) in [5, 5.41) is 14.4. The molecule has 12 heteroatoms. The Bertz CT molecular complexity index is 1800. The number of aromatic hydroxyl groups is 1. The van der Waals surface area contributed by atoms with Gasteiger partial charge in [0, 0.05) is 37.0 Å². The molecule has 2 atom stereocenters. The molecule has 0 aliphatic carbocycles. The molecule has 230 valence electrons. The van der Waals surface area contributed by atoms with Crippen molar-refractivity contribution in [3.05, 3.63) is 41.5 Å². The quantitative estimate of drug-likeness (QED) is 0.228. The number of nitrogens with one attached hydrogen (secondary N) is 1. The predicted octanol–water partition coefficient (Wildman–Crippen LogP) is 4.92. The monoisotopic (exact) mass is 606 g/mol. The number of terminal acetylenes is 1. The molecule has 9 nitrogen and oxygen atoms in total. The minimum atomic E-state index is -0.949. The number of hydrogen-bond acceptors (Lipinski definition) is 9. The third kappa shape index (κ3) is 5.20. The zero-order valence-electron chi connectivity index (χ0n) is 24.5. The molecule has 2 fully saturated rings. The van der Waals surface area contributed by atoms with Crippen molar-refractivity contribution in [1.82, 2.24) is 19.9 Å². The Balaban J connectivity index is 1.57. The Hall–Kier alpha value is -4.34. The standard InChI is InChI=1S/C32H33F3N6O3/c1-4-21-23(34)7-6-18-12-20(42)13-22(24(18)21)27-26(35)28-25(30(38-27)44-17(2)3)29(37-10-9-36)40-31(39-28)43-16-32-8-5-11-41(32)15-19(33)14-32/h1,6-7,12-13,17,19,42H,5,8-11,14-16,36H2,2-3H3,(H,37,39,40)/t19-,32+/m1/s1. The van der Waals surface area contributed by atoms with E-state index in [0.29, 0.717) is 24.9 Å². The maximum absolute atomic E-state index is 16.8. The molecule has 2 saturated heterocycles. The number of hydrogen-bond donors (Lipinski definition) is 3. The van der Waals surface area contributed by atoms with Gasteiger partial charge in [-0.1, -0.05) is 12.0 Å². The first-order chi connectivity index (χ1) is 21.1. The Labute approximate surface area is 252 Å². The highest BCUT2D eigenvalue weighted by atomic mass is 19.1. The normalized spacial score (nSPS) is 19.9. The minimum absolute atomic E-state index is 0.00394. The van der Waals surface area contributed by atoms with Gasteiger partial charge in [0.25, 0.3) is 0 Å². The number of ether oxygens (including phenoxy) is 2. The second-order valence-electron chi connectivity index (χ2n) is 11.6. The number of phenols is 1. The van der Waals surface area contributed by atoms with Crippen LogP contribution in [0.4, 0.5) is 19.0 Å². The fourth-order valence-corrected chi connectivity index (χ4v) is 6.39. The number of halogens is 3. The first kappa shape index (κ1) is 29.7. The highest BCUT2D eigenvalue weighted by Gasteiger charge is 2.49. The zero-order valence-corrected chi connectivity index (χ0v) is 24.5. The number of anilines is 1. The van der Waals surface area contributed by atoms with Gasteiger partial charge in [-0.05, 0) is 56.8 Å². The number of nitrogens with zero attached hydrogens (tertiary/aromatic N) is 4. The van der Waals surface area contributed by atoms with Gasteiger partial charge in [-0.25, -0.2) is 18.2 Å². The molecule has 0 radical (unpaired) electrons. The molecular formula is C32H33F3N6O3. The van der Waals surface area contributed by atoms with Gasteiger partial charge in [-0.2, -0.15) is 9.97 Å². The summed E-state index contributed by atoms with van der Waals surface area (Å²) in [5.41, 5.74) is 4.78. The van der Waals surface area contributed by atoms with Gasteiger partial charge in [0.05, 0.1) is 17.2 Å². The van der Waals surface area contributed by atoms with Gasteiger partial charge in [-0.15, -0.1) is 6.42 Å². The summed E-state index contributed by atoms with van der Waals surface area (Å²) in [6.07, 6.45) is 6.37. The summed E-state index contributed by atoms with van der Waals surface area (Å²) in [5.74, 6) is 0.771. The summed E-state index contributed by atoms with van der Waals surface area (Å²) in [4.78, 5) is 15.6. The van der Waals surface area contributed by atoms with Gasteiger partial charge in [0.2, 0.25) is 5.88 Å². The molecule has 4 heterocycles. The van der Waals surface area contributed by atoms with Crippen LogP contribution in [0, 0.1) is 24.0 Å². The van der Waals surface area contributed by atoms with E-state index < -0.39 is 23.3 Å². The summed E-state index contributed by atoms with van der Waals surface area (Å²) in [6.45, 7) is 5.37. The molecule has 44 heavy (non-hydrogen) atoms. The maximum atomic E-state index is 16.8. The lowest BCUT2D eigenvalue weighted by Gasteiger charge is -2.30. The van der Waals surface area contributed by atoms with E-state index in [0.717, 1.165) is 19.4 Å². The number of rotatable bonds is 9. The van der Waals surface area contributed by atoms with Crippen LogP contribution in [0.5, 0.6) is 17.6 Å². The summed E-state index contributed by atoms with van der Waals surface area (Å²) in [6, 6.07) is 5.18. The van der Waals surface area contributed by atoms with Crippen molar-refractivity contribution in [3.63, 3.8) is 0 Å². The highest BCUT2D eigenvalue weighted by molar-refractivity contribution is 6.04. The van der Waals surface area contributed by atoms with Crippen LogP contribution in [-0.2, 0) is 0 Å². The first-order valence-electron chi connectivity index (χ1n) is 14.6. The van der Waals surface area contributed by atoms with E-state index in [9.17, 15) is 13.9 Å². The number of alkyl halides is 1. The van der Waals surface area contributed by atoms with E-state index in [-0.39, 0.29) is 75.8 Å². The Morgan fingerprint density at radius 2 is 2.05 bits per heavy atom. The molecule has 0 spiro atoms. The second-order valence-corrected chi connectivity index (χ2v) is 11.6. The lowest BCUT2D eigenvalue weighted by Crippen LogP contribution is -2.43. The highest BCUT2D eigenvalue weighted by Crippen LogP contribution is 2.43. The lowest BCUT2D eigenvalue weighted by atomic mass is 9.95. The van der Waals surface area contributed by atoms with Gasteiger partial charge < -0.3 is 25.6 Å². The van der Waals surface area contributed by atoms with Gasteiger partial charge in [0.1, 0.15) is 46.8 Å². The molecule has 6 rings (SSSR count). The van der Waals surface area contributed by atoms with Crippen LogP contribution in [0.2, 0.25) is 0 Å². The van der Waals surface area contributed by atoms with Crippen molar-refractivity contribution >= 4 is 27.5 Å². The fraction of sp³-hybridized carbons (Fsp3) is 0.406. The van der Waals surface area contributed by atoms with Gasteiger partial charge in [-0.3, -0.25) is 4.90 Å². The predicted molar refractivity (Wildman–Crippen MR) is 162 cm³/mol. The molecule has 0 unspecified atom stereocenters. The van der Waals surface area contributed by atoms with Crippen molar-refractivity contribution in [2.45, 2.75) is 50.9 Å². The third-order valence-electron chi connectivity index (χ3n) is 8.20. The van der Waals surface area contributed by atoms with Crippen LogP contribution in [0.3, 0.4) is 0 Å². The van der Waals surface area contributed by atoms with E-state index >= 15 is 4.39 Å². The van der Waals surface area contributed by atoms with E-state index in [4.69, 9.17) is 21.6 Å². The zero-order chi connectivity index (χ0) is 31.2. The molecular weight excluding hydrogens is 573 g/mol. The molecule has 0 bridgehead atoms. The number of pyridine rings is 1. The fourth-order valence-electron chi connectivity index (χ4n) is 6.39. The molecule has 2 aliphatic heterocycles. The Kier molecular flexibility index (Phi) is 7.86. The summed E-state index contributed by atoms with van der Waals surface area (Å²) < 4.78 is 58.1. The average Bonchev–Trinajstić information content (AvgIpc) is 3.51. The van der Waals surface area contributed by atoms with E-state index in [2.05, 4.69) is 31.1 Å². The largest absolute Gasteiger partial charge is 0.508 e. The number of benzene rings is 2. The van der Waals surface area contributed by atoms with Gasteiger partial charge in [0.15, 0.2) is 5.82 Å². The first-order valence-corrected chi connectivity index (χ1v) is 14.6. The molecule has 4 N–H and O–H groups in total. The van der Waals surface area contributed by atoms with Crippen LogP contribution < -0.4 is 20.5 Å². The second kappa shape index (κ2) is 11.6. The average molecular weight is 607 g/mol. The van der Waals surface area contributed by atoms with Gasteiger partial charge >= 0.3 is 6.01 Å². The molecule has 0 amide bonds. The Morgan fingerprint density at radius 3 is 2.80 bits per heavy atom. The van der Waals surface area contributed by atoms with Crippen molar-refractivity contribution in [2.24, 2.45) is 5.73 Å². The molecule has 2 aliphatic rings. The molecule has 2 aromatic heterocycles. The smallest absolute Gasteiger partial charge is 0.319 e. The molecule has 2 aromatic carbocycles. The topological polar surface area (TPSA) is 119 Å². The number of phenolic OH excluding ortho intramolecular Hbond substituents is 1. The van der Waals surface area contributed by atoms with Crippen LogP contribution >= 0.6 is 0 Å². The Morgan fingerprint density at radius 1 is 1.23 bits per heavy atom. The number of nitrogens with two attached hydrogens (primary N) is 1. The van der Waals surface area contributed by atoms with Crippen molar-refractivity contribution in [2.75, 3.05) is 38.1 Å². The van der Waals surface area contributed by atoms with E-state index in [1.54, 1.807) is 13.8 Å². The van der Waals surface area contributed by atoms with Crippen molar-refractivity contribution in [3.8, 4) is 41.2 Å². The van der Waals surface area contributed by atoms with Crippen LogP contribution in [0.15, 0.2) is 24.3 Å². The summed E-state index contributed by atoms with van der Waals surface area (Å²) >= 11 is 0. The molecule has 0 saturated carbocycles. The van der Waals surface area contributed by atoms with Crippen LogP contribution in [-0.4, -0.2) is 75.6 Å². The molecule has 4 aromatic rings. The van der Waals surface area contributed by atoms with E-state index in [1.165, 1.54) is 24.3 Å². The van der Waals surface area contributed by atoms with Crippen LogP contribution in [0.1, 0.15) is 38.7 Å². The SMILES string of the molecule is C#Cc1c(F)ccc2cc(O)cc(-c3nc(OC(C)C)c4c(NCCN)nc(OC[C@@]56CCCN5C[C@H](F)C6)nc4c3F)c12. The maximum Gasteiger partial charge on any atom is 0.319 e. The third-order valence-corrected chi connectivity index (χ3v) is 8.20. The minimum Gasteiger partial charge on any atom is -0.508 e. The number of fused-ring (bicyclic) bond motifs is 3. The van der Waals surface area contributed by atoms with Crippen molar-refractivity contribution < 1.29 is 27.8 Å². The number of aromatic nitrogens is 3. The van der Waals surface area contributed by atoms with Crippen LogP contribution in [0.25, 0.3) is 32.9 Å². The van der Waals surface area contributed by atoms with E-state index in [1.807, 2.05) is 0 Å². The lowest BCUT2D eigenvalue weighted by molar-refractivity contribution is 0.107. The van der Waals surface area contributed by atoms with Crippen molar-refractivity contribution in [1.29, 1.82) is 0 Å².